The molecule has 0 amide bonds. The van der Waals surface area contributed by atoms with Gasteiger partial charge in [0.05, 0.1) is 15.4 Å². The lowest BCUT2D eigenvalue weighted by Crippen LogP contribution is -2.20. The zero-order chi connectivity index (χ0) is 8.55. The summed E-state index contributed by atoms with van der Waals surface area (Å²) in [4.78, 5) is 4.05. The topological polar surface area (TPSA) is 12.9 Å². The van der Waals surface area contributed by atoms with Gasteiger partial charge in [-0.2, -0.15) is 0 Å². The highest BCUT2D eigenvalue weighted by Gasteiger charge is 2.02. The van der Waals surface area contributed by atoms with E-state index in [4.69, 9.17) is 0 Å². The van der Waals surface area contributed by atoms with E-state index in [0.717, 1.165) is 9.88 Å². The number of hydrogen-bond acceptors (Lipinski definition) is 2. The minimum atomic E-state index is -0.191. The summed E-state index contributed by atoms with van der Waals surface area (Å²) in [5.41, 5.74) is 1.74. The fraction of sp³-hybridized carbons (Fsp3) is 0.222. The lowest BCUT2D eigenvalue weighted by atomic mass is 10.2. The molecule has 1 nitrogen and oxygen atoms in total. The molecule has 0 fully saturated rings. The van der Waals surface area contributed by atoms with Crippen LogP contribution in [0.25, 0.3) is 12.2 Å². The lowest BCUT2D eigenvalue weighted by Gasteiger charge is -1.93. The molecule has 0 radical (unpaired) electrons. The Kier molecular flexibility index (Phi) is 1.81. The molecule has 3 heteroatoms. The van der Waals surface area contributed by atoms with Crippen LogP contribution in [0, 0.1) is 5.92 Å². The SMILES string of the molecule is CC1C=C(F)C=c2ncsc2=C1. The van der Waals surface area contributed by atoms with E-state index in [1.807, 2.05) is 13.0 Å². The largest absolute Gasteiger partial charge is 0.245 e. The third kappa shape index (κ3) is 1.32. The van der Waals surface area contributed by atoms with Crippen LogP contribution < -0.4 is 9.88 Å². The predicted molar refractivity (Wildman–Crippen MR) is 48.6 cm³/mol. The second-order valence-corrected chi connectivity index (χ2v) is 3.71. The monoisotopic (exact) mass is 181 g/mol. The molecular formula is C9H8FNS. The molecule has 1 aliphatic rings. The van der Waals surface area contributed by atoms with Crippen molar-refractivity contribution in [1.29, 1.82) is 0 Å². The van der Waals surface area contributed by atoms with E-state index in [9.17, 15) is 4.39 Å². The van der Waals surface area contributed by atoms with Crippen molar-refractivity contribution in [3.05, 3.63) is 27.3 Å². The molecule has 1 aliphatic carbocycles. The van der Waals surface area contributed by atoms with Crippen molar-refractivity contribution in [2.24, 2.45) is 5.92 Å². The van der Waals surface area contributed by atoms with Crippen molar-refractivity contribution in [3.63, 3.8) is 0 Å². The van der Waals surface area contributed by atoms with Crippen LogP contribution in [0.2, 0.25) is 0 Å². The third-order valence-corrected chi connectivity index (χ3v) is 2.54. The first-order valence-electron chi connectivity index (χ1n) is 3.76. The van der Waals surface area contributed by atoms with E-state index in [1.54, 1.807) is 22.9 Å². The van der Waals surface area contributed by atoms with Gasteiger partial charge in [0.2, 0.25) is 0 Å². The Labute approximate surface area is 73.6 Å². The summed E-state index contributed by atoms with van der Waals surface area (Å²) in [6.07, 6.45) is 5.09. The van der Waals surface area contributed by atoms with E-state index in [1.165, 1.54) is 6.08 Å². The van der Waals surface area contributed by atoms with Crippen LogP contribution in [0.15, 0.2) is 17.4 Å². The lowest BCUT2D eigenvalue weighted by molar-refractivity contribution is 0.668. The quantitative estimate of drug-likeness (QED) is 0.586. The Morgan fingerprint density at radius 2 is 2.33 bits per heavy atom. The summed E-state index contributed by atoms with van der Waals surface area (Å²) in [5, 5.41) is 0.748. The minimum Gasteiger partial charge on any atom is -0.245 e. The van der Waals surface area contributed by atoms with Gasteiger partial charge in [-0.05, 0) is 12.0 Å². The van der Waals surface area contributed by atoms with Crippen LogP contribution in [-0.4, -0.2) is 4.98 Å². The average molecular weight is 181 g/mol. The maximum Gasteiger partial charge on any atom is 0.122 e. The molecule has 1 atom stereocenters. The Hall–Kier alpha value is -0.960. The van der Waals surface area contributed by atoms with Crippen LogP contribution in [0.1, 0.15) is 6.92 Å². The molecule has 62 valence electrons. The molecule has 0 aliphatic heterocycles. The van der Waals surface area contributed by atoms with Crippen LogP contribution >= 0.6 is 11.3 Å². The van der Waals surface area contributed by atoms with Crippen molar-refractivity contribution < 1.29 is 4.39 Å². The van der Waals surface area contributed by atoms with Gasteiger partial charge in [-0.15, -0.1) is 11.3 Å². The van der Waals surface area contributed by atoms with E-state index < -0.39 is 0 Å². The molecule has 0 bridgehead atoms. The van der Waals surface area contributed by atoms with Crippen molar-refractivity contribution in [1.82, 2.24) is 4.98 Å². The fourth-order valence-corrected chi connectivity index (χ4v) is 2.02. The van der Waals surface area contributed by atoms with Crippen LogP contribution in [0.5, 0.6) is 0 Å². The Bertz CT molecular complexity index is 430. The standard InChI is InChI=1S/C9H8FNS/c1-6-2-7(10)4-8-9(3-6)12-5-11-8/h2-6H,1H3. The smallest absolute Gasteiger partial charge is 0.122 e. The van der Waals surface area contributed by atoms with E-state index in [2.05, 4.69) is 4.98 Å². The average Bonchev–Trinajstić information content (AvgIpc) is 2.31. The Balaban J connectivity index is 2.74. The van der Waals surface area contributed by atoms with Crippen LogP contribution in [-0.2, 0) is 0 Å². The van der Waals surface area contributed by atoms with Gasteiger partial charge in [-0.3, -0.25) is 0 Å². The van der Waals surface area contributed by atoms with Gasteiger partial charge >= 0.3 is 0 Å². The number of allylic oxidation sites excluding steroid dienone is 2. The summed E-state index contributed by atoms with van der Waals surface area (Å²) in [6.45, 7) is 1.96. The van der Waals surface area contributed by atoms with Gasteiger partial charge in [0, 0.05) is 6.08 Å². The molecule has 0 saturated heterocycles. The zero-order valence-electron chi connectivity index (χ0n) is 6.62. The van der Waals surface area contributed by atoms with Gasteiger partial charge in [-0.25, -0.2) is 9.37 Å². The van der Waals surface area contributed by atoms with Crippen molar-refractivity contribution in [2.75, 3.05) is 0 Å². The molecule has 1 unspecified atom stereocenters. The number of rotatable bonds is 0. The first kappa shape index (κ1) is 7.68. The summed E-state index contributed by atoms with van der Waals surface area (Å²) < 4.78 is 14.1. The number of halogens is 1. The van der Waals surface area contributed by atoms with Crippen LogP contribution in [0.4, 0.5) is 4.39 Å². The molecule has 1 aromatic rings. The molecule has 1 heterocycles. The van der Waals surface area contributed by atoms with E-state index >= 15 is 0 Å². The zero-order valence-corrected chi connectivity index (χ0v) is 7.44. The first-order valence-corrected chi connectivity index (χ1v) is 4.64. The molecule has 0 spiro atoms. The van der Waals surface area contributed by atoms with Crippen molar-refractivity contribution >= 4 is 23.5 Å². The minimum absolute atomic E-state index is 0.156. The molecule has 0 aromatic carbocycles. The molecule has 0 saturated carbocycles. The van der Waals surface area contributed by atoms with Crippen LogP contribution in [0.3, 0.4) is 0 Å². The maximum absolute atomic E-state index is 13.0. The van der Waals surface area contributed by atoms with Crippen molar-refractivity contribution in [3.8, 4) is 0 Å². The number of thiazole rings is 1. The molecule has 2 rings (SSSR count). The highest BCUT2D eigenvalue weighted by molar-refractivity contribution is 7.07. The summed E-state index contributed by atoms with van der Waals surface area (Å²) >= 11 is 1.55. The number of hydrogen-bond donors (Lipinski definition) is 0. The van der Waals surface area contributed by atoms with E-state index in [-0.39, 0.29) is 11.7 Å². The highest BCUT2D eigenvalue weighted by atomic mass is 32.1. The van der Waals surface area contributed by atoms with Gasteiger partial charge < -0.3 is 0 Å². The number of nitrogens with zero attached hydrogens (tertiary/aromatic N) is 1. The van der Waals surface area contributed by atoms with E-state index in [0.29, 0.717) is 0 Å². The normalized spacial score (nSPS) is 21.5. The molecule has 12 heavy (non-hydrogen) atoms. The maximum atomic E-state index is 13.0. The number of aromatic nitrogens is 1. The summed E-state index contributed by atoms with van der Waals surface area (Å²) in [7, 11) is 0. The van der Waals surface area contributed by atoms with Gasteiger partial charge in [-0.1, -0.05) is 13.0 Å². The van der Waals surface area contributed by atoms with Crippen molar-refractivity contribution in [2.45, 2.75) is 6.92 Å². The van der Waals surface area contributed by atoms with Gasteiger partial charge in [0.15, 0.2) is 0 Å². The summed E-state index contributed by atoms with van der Waals surface area (Å²) in [6, 6.07) is 0. The first-order chi connectivity index (χ1) is 5.75. The second-order valence-electron chi connectivity index (χ2n) is 2.82. The summed E-state index contributed by atoms with van der Waals surface area (Å²) in [5.74, 6) is -0.0358. The molecule has 0 N–H and O–H groups in total. The Morgan fingerprint density at radius 3 is 3.17 bits per heavy atom. The number of fused-ring (bicyclic) bond motifs is 1. The van der Waals surface area contributed by atoms with Gasteiger partial charge in [0.25, 0.3) is 0 Å². The Morgan fingerprint density at radius 1 is 1.50 bits per heavy atom. The second kappa shape index (κ2) is 2.83. The fourth-order valence-electron chi connectivity index (χ4n) is 1.21. The van der Waals surface area contributed by atoms with Gasteiger partial charge in [0.1, 0.15) is 5.83 Å². The molecular weight excluding hydrogens is 173 g/mol. The third-order valence-electron chi connectivity index (χ3n) is 1.73. The molecule has 1 aromatic heterocycles. The predicted octanol–water partition coefficient (Wildman–Crippen LogP) is 1.21. The highest BCUT2D eigenvalue weighted by Crippen LogP contribution is 2.08.